The summed E-state index contributed by atoms with van der Waals surface area (Å²) in [6.45, 7) is 3.87. The van der Waals surface area contributed by atoms with E-state index < -0.39 is 0 Å². The molecule has 0 saturated carbocycles. The fourth-order valence-corrected chi connectivity index (χ4v) is 4.55. The molecule has 0 spiro atoms. The van der Waals surface area contributed by atoms with Gasteiger partial charge in [-0.3, -0.25) is 4.79 Å². The number of hydrogen-bond donors (Lipinski definition) is 2. The summed E-state index contributed by atoms with van der Waals surface area (Å²) < 4.78 is 2.07. The Kier molecular flexibility index (Phi) is 5.99. The number of aromatic nitrogens is 2. The number of aryl methyl sites for hydroxylation is 1. The van der Waals surface area contributed by atoms with E-state index in [1.165, 1.54) is 11.8 Å². The van der Waals surface area contributed by atoms with Crippen molar-refractivity contribution < 1.29 is 9.36 Å². The molecule has 1 saturated heterocycles. The zero-order valence-corrected chi connectivity index (χ0v) is 18.2. The lowest BCUT2D eigenvalue weighted by Crippen LogP contribution is -2.44. The van der Waals surface area contributed by atoms with Crippen LogP contribution in [0.15, 0.2) is 47.6 Å². The number of nitrogens with one attached hydrogen (secondary N) is 2. The van der Waals surface area contributed by atoms with Gasteiger partial charge in [0.1, 0.15) is 0 Å². The van der Waals surface area contributed by atoms with Gasteiger partial charge in [-0.2, -0.15) is 0 Å². The molecule has 0 aliphatic carbocycles. The van der Waals surface area contributed by atoms with E-state index in [2.05, 4.69) is 37.8 Å². The number of imidazole rings is 1. The molecule has 152 valence electrons. The maximum absolute atomic E-state index is 12.7. The monoisotopic (exact) mass is 430 g/mol. The third-order valence-corrected chi connectivity index (χ3v) is 6.52. The average Bonchev–Trinajstić information content (AvgIpc) is 3.03. The first-order valence-electron chi connectivity index (χ1n) is 9.64. The van der Waals surface area contributed by atoms with Crippen LogP contribution in [-0.4, -0.2) is 54.8 Å². The molecule has 6 nitrogen and oxygen atoms in total. The number of carbonyl (C=O) groups excluding carboxylic acids is 1. The molecular weight excluding hydrogens is 406 g/mol. The summed E-state index contributed by atoms with van der Waals surface area (Å²) in [7, 11) is 4.13. The molecule has 29 heavy (non-hydrogen) atoms. The summed E-state index contributed by atoms with van der Waals surface area (Å²) in [6.07, 6.45) is 0. The number of halogens is 1. The number of hydrogen-bond acceptors (Lipinski definition) is 4. The molecule has 4 rings (SSSR count). The molecule has 2 aromatic carbocycles. The fraction of sp³-hybridized carbons (Fsp3) is 0.333. The topological polar surface area (TPSA) is 55.2 Å². The van der Waals surface area contributed by atoms with Crippen LogP contribution in [0.4, 0.5) is 11.4 Å². The van der Waals surface area contributed by atoms with Crippen molar-refractivity contribution in [2.45, 2.75) is 5.16 Å². The number of thioether (sulfide) groups is 1. The maximum Gasteiger partial charge on any atom is 0.317 e. The van der Waals surface area contributed by atoms with Crippen molar-refractivity contribution in [3.63, 3.8) is 0 Å². The van der Waals surface area contributed by atoms with Crippen LogP contribution in [0.5, 0.6) is 0 Å². The van der Waals surface area contributed by atoms with Gasteiger partial charge in [-0.25, -0.2) is 9.55 Å². The Labute approximate surface area is 179 Å². The SMILES string of the molecule is CN1CCN(c2ccc(Cl)cc2NC(=O)CSc2[nH]c3ccccc3[n+]2C)CC1. The average molecular weight is 431 g/mol. The van der Waals surface area contributed by atoms with Gasteiger partial charge in [-0.1, -0.05) is 23.7 Å². The van der Waals surface area contributed by atoms with Gasteiger partial charge in [0.2, 0.25) is 5.91 Å². The van der Waals surface area contributed by atoms with Gasteiger partial charge in [0.05, 0.1) is 24.2 Å². The summed E-state index contributed by atoms with van der Waals surface area (Å²) in [5, 5.41) is 4.63. The Morgan fingerprint density at radius 2 is 1.97 bits per heavy atom. The summed E-state index contributed by atoms with van der Waals surface area (Å²) in [5.41, 5.74) is 3.97. The Morgan fingerprint density at radius 3 is 2.72 bits per heavy atom. The Balaban J connectivity index is 1.45. The van der Waals surface area contributed by atoms with E-state index in [0.717, 1.165) is 53.7 Å². The maximum atomic E-state index is 12.7. The number of amides is 1. The Bertz CT molecular complexity index is 1030. The normalized spacial score (nSPS) is 15.1. The van der Waals surface area contributed by atoms with Gasteiger partial charge in [0.25, 0.3) is 0 Å². The van der Waals surface area contributed by atoms with Crippen LogP contribution in [0, 0.1) is 0 Å². The Morgan fingerprint density at radius 1 is 1.21 bits per heavy atom. The van der Waals surface area contributed by atoms with E-state index in [-0.39, 0.29) is 5.91 Å². The lowest BCUT2D eigenvalue weighted by Gasteiger charge is -2.35. The second-order valence-electron chi connectivity index (χ2n) is 7.29. The quantitative estimate of drug-likeness (QED) is 0.482. The number of piperazine rings is 1. The largest absolute Gasteiger partial charge is 0.367 e. The molecular formula is C21H25ClN5OS+. The van der Waals surface area contributed by atoms with E-state index in [1.54, 1.807) is 0 Å². The molecule has 2 N–H and O–H groups in total. The van der Waals surface area contributed by atoms with Crippen LogP contribution in [0.3, 0.4) is 0 Å². The second kappa shape index (κ2) is 8.65. The molecule has 1 aliphatic rings. The predicted octanol–water partition coefficient (Wildman–Crippen LogP) is 3.13. The summed E-state index contributed by atoms with van der Waals surface area (Å²) in [5.74, 6) is 0.265. The van der Waals surface area contributed by atoms with Crippen LogP contribution in [0.25, 0.3) is 11.0 Å². The van der Waals surface area contributed by atoms with E-state index >= 15 is 0 Å². The second-order valence-corrected chi connectivity index (χ2v) is 8.70. The van der Waals surface area contributed by atoms with E-state index in [1.807, 2.05) is 43.4 Å². The number of anilines is 2. The zero-order chi connectivity index (χ0) is 20.4. The molecule has 1 amide bonds. The number of para-hydroxylation sites is 2. The number of likely N-dealkylation sites (N-methyl/N-ethyl adjacent to an activating group) is 1. The summed E-state index contributed by atoms with van der Waals surface area (Å²) in [4.78, 5) is 20.7. The molecule has 0 bridgehead atoms. The van der Waals surface area contributed by atoms with Crippen LogP contribution in [0.2, 0.25) is 5.02 Å². The molecule has 0 unspecified atom stereocenters. The number of H-pyrrole nitrogens is 1. The third-order valence-electron chi connectivity index (χ3n) is 5.23. The smallest absolute Gasteiger partial charge is 0.317 e. The Hall–Kier alpha value is -2.22. The first kappa shape index (κ1) is 20.1. The van der Waals surface area contributed by atoms with E-state index in [0.29, 0.717) is 10.8 Å². The number of benzene rings is 2. The van der Waals surface area contributed by atoms with Crippen molar-refractivity contribution in [1.29, 1.82) is 0 Å². The van der Waals surface area contributed by atoms with Crippen molar-refractivity contribution in [3.8, 4) is 0 Å². The summed E-state index contributed by atoms with van der Waals surface area (Å²) in [6, 6.07) is 13.8. The summed E-state index contributed by atoms with van der Waals surface area (Å²) >= 11 is 7.70. The van der Waals surface area contributed by atoms with Crippen LogP contribution in [-0.2, 0) is 11.8 Å². The molecule has 1 aromatic heterocycles. The van der Waals surface area contributed by atoms with Crippen molar-refractivity contribution in [2.24, 2.45) is 7.05 Å². The standard InChI is InChI=1S/C21H24ClN5OS/c1-25-9-11-27(12-10-25)19-8-7-15(22)13-17(19)23-20(28)14-29-21-24-16-5-3-4-6-18(16)26(21)2/h3-8,13H,9-12,14H2,1-2H3,(H,23,28)/p+1. The van der Waals surface area contributed by atoms with Crippen molar-refractivity contribution in [2.75, 3.05) is 49.2 Å². The number of nitrogens with zero attached hydrogens (tertiary/aromatic N) is 3. The lowest BCUT2D eigenvalue weighted by molar-refractivity contribution is -0.683. The van der Waals surface area contributed by atoms with E-state index in [9.17, 15) is 4.79 Å². The number of rotatable bonds is 5. The fourth-order valence-electron chi connectivity index (χ4n) is 3.56. The van der Waals surface area contributed by atoms with Gasteiger partial charge in [0.15, 0.2) is 11.0 Å². The van der Waals surface area contributed by atoms with Gasteiger partial charge in [-0.15, -0.1) is 0 Å². The molecule has 1 aliphatic heterocycles. The third kappa shape index (κ3) is 4.52. The molecule has 0 radical (unpaired) electrons. The van der Waals surface area contributed by atoms with Crippen molar-refractivity contribution in [3.05, 3.63) is 47.5 Å². The van der Waals surface area contributed by atoms with Crippen LogP contribution < -0.4 is 14.8 Å². The minimum atomic E-state index is -0.0497. The number of carbonyl (C=O) groups is 1. The first-order valence-corrected chi connectivity index (χ1v) is 11.0. The molecule has 2 heterocycles. The van der Waals surface area contributed by atoms with Crippen LogP contribution in [0.1, 0.15) is 0 Å². The minimum Gasteiger partial charge on any atom is -0.367 e. The van der Waals surface area contributed by atoms with Gasteiger partial charge in [-0.05, 0) is 49.1 Å². The molecule has 3 aromatic rings. The van der Waals surface area contributed by atoms with Crippen LogP contribution >= 0.6 is 23.4 Å². The molecule has 1 fully saturated rings. The molecule has 0 atom stereocenters. The highest BCUT2D eigenvalue weighted by molar-refractivity contribution is 7.99. The van der Waals surface area contributed by atoms with Gasteiger partial charge < -0.3 is 15.1 Å². The minimum absolute atomic E-state index is 0.0497. The van der Waals surface area contributed by atoms with Crippen molar-refractivity contribution >= 4 is 51.7 Å². The number of fused-ring (bicyclic) bond motifs is 1. The van der Waals surface area contributed by atoms with E-state index in [4.69, 9.17) is 11.6 Å². The highest BCUT2D eigenvalue weighted by atomic mass is 35.5. The molecule has 8 heteroatoms. The van der Waals surface area contributed by atoms with Gasteiger partial charge >= 0.3 is 5.16 Å². The first-order chi connectivity index (χ1) is 14.0. The highest BCUT2D eigenvalue weighted by Crippen LogP contribution is 2.30. The zero-order valence-electron chi connectivity index (χ0n) is 16.6. The lowest BCUT2D eigenvalue weighted by atomic mass is 10.2. The highest BCUT2D eigenvalue weighted by Gasteiger charge is 2.20. The number of aromatic amines is 1. The van der Waals surface area contributed by atoms with Crippen molar-refractivity contribution in [1.82, 2.24) is 9.88 Å². The predicted molar refractivity (Wildman–Crippen MR) is 120 cm³/mol. The van der Waals surface area contributed by atoms with Gasteiger partial charge in [0, 0.05) is 31.2 Å².